The standard InChI is InChI=1S/C24H28BrN5O4S/c1-4-27-22(31)11-12-29(35(3,33)34)21-14-20-19(13-18(21)15-5-6-15)23(24(32)26-2)30(28-20)17-9-7-16(25)8-10-17/h7-10,13-15H,4-6,11-12H2,1-3H3,(H,26,32)(H,27,31). The third kappa shape index (κ3) is 5.35. The SMILES string of the molecule is CCNC(=O)CCN(c1cc2nn(-c3ccc(Br)cc3)c(C(=O)NC)c2cc1C1CC1)S(C)(=O)=O. The lowest BCUT2D eigenvalue weighted by Crippen LogP contribution is -2.35. The normalized spacial score (nSPS) is 13.6. The van der Waals surface area contributed by atoms with Crippen molar-refractivity contribution in [2.24, 2.45) is 0 Å². The van der Waals surface area contributed by atoms with Crippen LogP contribution in [0.4, 0.5) is 5.69 Å². The van der Waals surface area contributed by atoms with Crippen LogP contribution in [-0.2, 0) is 14.8 Å². The summed E-state index contributed by atoms with van der Waals surface area (Å²) in [6.45, 7) is 2.32. The van der Waals surface area contributed by atoms with Crippen LogP contribution in [0.1, 0.15) is 48.2 Å². The van der Waals surface area contributed by atoms with E-state index >= 15 is 0 Å². The number of amides is 2. The van der Waals surface area contributed by atoms with Crippen molar-refractivity contribution >= 4 is 54.4 Å². The maximum atomic E-state index is 12.9. The van der Waals surface area contributed by atoms with Crippen molar-refractivity contribution < 1.29 is 18.0 Å². The summed E-state index contributed by atoms with van der Waals surface area (Å²) in [6.07, 6.45) is 3.05. The predicted octanol–water partition coefficient (Wildman–Crippen LogP) is 3.32. The molecule has 186 valence electrons. The zero-order valence-electron chi connectivity index (χ0n) is 19.8. The number of hydrogen-bond acceptors (Lipinski definition) is 5. The van der Waals surface area contributed by atoms with E-state index in [1.54, 1.807) is 17.8 Å². The van der Waals surface area contributed by atoms with Crippen LogP contribution in [0.15, 0.2) is 40.9 Å². The van der Waals surface area contributed by atoms with Gasteiger partial charge in [-0.25, -0.2) is 13.1 Å². The molecule has 0 aliphatic heterocycles. The smallest absolute Gasteiger partial charge is 0.270 e. The lowest BCUT2D eigenvalue weighted by molar-refractivity contribution is -0.120. The van der Waals surface area contributed by atoms with Crippen LogP contribution in [0, 0.1) is 0 Å². The first-order valence-electron chi connectivity index (χ1n) is 11.4. The van der Waals surface area contributed by atoms with Gasteiger partial charge in [-0.3, -0.25) is 13.9 Å². The summed E-state index contributed by atoms with van der Waals surface area (Å²) in [5.41, 5.74) is 2.94. The molecule has 0 bridgehead atoms. The minimum Gasteiger partial charge on any atom is -0.356 e. The Kier molecular flexibility index (Phi) is 7.18. The predicted molar refractivity (Wildman–Crippen MR) is 140 cm³/mol. The second-order valence-electron chi connectivity index (χ2n) is 8.56. The number of rotatable bonds is 9. The summed E-state index contributed by atoms with van der Waals surface area (Å²) in [7, 11) is -2.11. The first-order valence-corrected chi connectivity index (χ1v) is 14.1. The molecule has 0 unspecified atom stereocenters. The number of hydrogen-bond donors (Lipinski definition) is 2. The molecule has 4 rings (SSSR count). The fourth-order valence-electron chi connectivity index (χ4n) is 4.14. The second-order valence-corrected chi connectivity index (χ2v) is 11.4. The molecule has 35 heavy (non-hydrogen) atoms. The van der Waals surface area contributed by atoms with Gasteiger partial charge in [-0.1, -0.05) is 15.9 Å². The number of carbonyl (C=O) groups is 2. The number of nitrogens with zero attached hydrogens (tertiary/aromatic N) is 3. The fraction of sp³-hybridized carbons (Fsp3) is 0.375. The highest BCUT2D eigenvalue weighted by Crippen LogP contribution is 2.46. The number of fused-ring (bicyclic) bond motifs is 1. The Morgan fingerprint density at radius 1 is 1.20 bits per heavy atom. The molecule has 1 heterocycles. The molecule has 11 heteroatoms. The Balaban J connectivity index is 1.90. The van der Waals surface area contributed by atoms with Crippen LogP contribution in [-0.4, -0.2) is 56.4 Å². The van der Waals surface area contributed by atoms with Gasteiger partial charge in [0.05, 0.1) is 23.1 Å². The van der Waals surface area contributed by atoms with Gasteiger partial charge in [-0.15, -0.1) is 0 Å². The highest BCUT2D eigenvalue weighted by molar-refractivity contribution is 9.10. The molecule has 1 aliphatic carbocycles. The van der Waals surface area contributed by atoms with Crippen LogP contribution in [0.5, 0.6) is 0 Å². The number of anilines is 1. The molecule has 1 fully saturated rings. The first kappa shape index (κ1) is 25.2. The molecule has 3 aromatic rings. The van der Waals surface area contributed by atoms with Crippen molar-refractivity contribution in [3.63, 3.8) is 0 Å². The van der Waals surface area contributed by atoms with Gasteiger partial charge in [0.1, 0.15) is 5.69 Å². The maximum absolute atomic E-state index is 12.9. The monoisotopic (exact) mass is 561 g/mol. The maximum Gasteiger partial charge on any atom is 0.270 e. The van der Waals surface area contributed by atoms with Crippen molar-refractivity contribution in [3.05, 3.63) is 52.1 Å². The van der Waals surface area contributed by atoms with Gasteiger partial charge in [-0.05, 0) is 67.6 Å². The average Bonchev–Trinajstić information content (AvgIpc) is 3.58. The number of sulfonamides is 1. The van der Waals surface area contributed by atoms with Crippen molar-refractivity contribution in [1.29, 1.82) is 0 Å². The number of halogens is 1. The molecule has 1 aliphatic rings. The van der Waals surface area contributed by atoms with E-state index in [2.05, 4.69) is 26.6 Å². The molecule has 0 atom stereocenters. The Labute approximate surface area is 213 Å². The van der Waals surface area contributed by atoms with Crippen LogP contribution >= 0.6 is 15.9 Å². The largest absolute Gasteiger partial charge is 0.356 e. The number of nitrogens with one attached hydrogen (secondary N) is 2. The molecule has 1 saturated carbocycles. The highest BCUT2D eigenvalue weighted by atomic mass is 79.9. The first-order chi connectivity index (χ1) is 16.6. The van der Waals surface area contributed by atoms with Crippen LogP contribution in [0.25, 0.3) is 16.6 Å². The Bertz CT molecular complexity index is 1380. The van der Waals surface area contributed by atoms with Gasteiger partial charge in [-0.2, -0.15) is 5.10 Å². The van der Waals surface area contributed by atoms with Gasteiger partial charge in [0.25, 0.3) is 5.91 Å². The minimum atomic E-state index is -3.67. The summed E-state index contributed by atoms with van der Waals surface area (Å²) < 4.78 is 29.4. The van der Waals surface area contributed by atoms with Gasteiger partial charge in [0.2, 0.25) is 15.9 Å². The third-order valence-electron chi connectivity index (χ3n) is 5.94. The summed E-state index contributed by atoms with van der Waals surface area (Å²) in [6, 6.07) is 11.0. The number of carbonyl (C=O) groups excluding carboxylic acids is 2. The van der Waals surface area contributed by atoms with Gasteiger partial charge >= 0.3 is 0 Å². The van der Waals surface area contributed by atoms with Gasteiger partial charge in [0.15, 0.2) is 0 Å². The third-order valence-corrected chi connectivity index (χ3v) is 7.64. The van der Waals surface area contributed by atoms with Crippen LogP contribution < -0.4 is 14.9 Å². The minimum absolute atomic E-state index is 0.0195. The van der Waals surface area contributed by atoms with Crippen LogP contribution in [0.2, 0.25) is 0 Å². The molecule has 1 aromatic heterocycles. The Morgan fingerprint density at radius 3 is 2.46 bits per heavy atom. The van der Waals surface area contributed by atoms with Gasteiger partial charge in [0, 0.05) is 36.4 Å². The molecule has 2 N–H and O–H groups in total. The zero-order valence-corrected chi connectivity index (χ0v) is 22.2. The molecule has 2 amide bonds. The highest BCUT2D eigenvalue weighted by Gasteiger charge is 2.32. The van der Waals surface area contributed by atoms with E-state index in [0.717, 1.165) is 29.1 Å². The van der Waals surface area contributed by atoms with Crippen molar-refractivity contribution in [3.8, 4) is 5.69 Å². The Hall–Kier alpha value is -2.92. The summed E-state index contributed by atoms with van der Waals surface area (Å²) >= 11 is 3.42. The molecule has 9 nitrogen and oxygen atoms in total. The summed E-state index contributed by atoms with van der Waals surface area (Å²) in [4.78, 5) is 25.0. The molecule has 0 spiro atoms. The van der Waals surface area contributed by atoms with Gasteiger partial charge < -0.3 is 10.6 Å². The molecular formula is C24H28BrN5O4S. The van der Waals surface area contributed by atoms with E-state index < -0.39 is 10.0 Å². The fourth-order valence-corrected chi connectivity index (χ4v) is 5.34. The Morgan fingerprint density at radius 2 is 1.89 bits per heavy atom. The van der Waals surface area contributed by atoms with E-state index in [0.29, 0.717) is 34.5 Å². The van der Waals surface area contributed by atoms with Crippen LogP contribution in [0.3, 0.4) is 0 Å². The van der Waals surface area contributed by atoms with E-state index in [1.807, 2.05) is 37.3 Å². The lowest BCUT2D eigenvalue weighted by Gasteiger charge is -2.25. The van der Waals surface area contributed by atoms with Crippen molar-refractivity contribution in [1.82, 2.24) is 20.4 Å². The van der Waals surface area contributed by atoms with Crippen molar-refractivity contribution in [2.75, 3.05) is 30.7 Å². The summed E-state index contributed by atoms with van der Waals surface area (Å²) in [5.74, 6) is -0.311. The van der Waals surface area contributed by atoms with E-state index in [9.17, 15) is 18.0 Å². The molecule has 2 aromatic carbocycles. The lowest BCUT2D eigenvalue weighted by atomic mass is 10.0. The van der Waals surface area contributed by atoms with Crippen molar-refractivity contribution in [2.45, 2.75) is 32.1 Å². The molecule has 0 radical (unpaired) electrons. The summed E-state index contributed by atoms with van der Waals surface area (Å²) in [5, 5.41) is 10.7. The zero-order chi connectivity index (χ0) is 25.3. The quantitative estimate of drug-likeness (QED) is 0.416. The van der Waals surface area contributed by atoms with E-state index in [4.69, 9.17) is 5.10 Å². The number of benzene rings is 2. The topological polar surface area (TPSA) is 113 Å². The number of aromatic nitrogens is 2. The molecule has 0 saturated heterocycles. The average molecular weight is 562 g/mol. The van der Waals surface area contributed by atoms with E-state index in [1.165, 1.54) is 4.31 Å². The second kappa shape index (κ2) is 9.98. The van der Waals surface area contributed by atoms with E-state index in [-0.39, 0.29) is 30.7 Å². The molecular weight excluding hydrogens is 534 g/mol.